The van der Waals surface area contributed by atoms with Gasteiger partial charge in [-0.2, -0.15) is 0 Å². The number of rotatable bonds is 2. The quantitative estimate of drug-likeness (QED) is 0.517. The lowest BCUT2D eigenvalue weighted by molar-refractivity contribution is 0.151. The van der Waals surface area contributed by atoms with Gasteiger partial charge >= 0.3 is 0 Å². The Bertz CT molecular complexity index is 320. The van der Waals surface area contributed by atoms with Crippen LogP contribution in [0.25, 0.3) is 0 Å². The number of pyridine rings is 1. The number of nitrogens with two attached hydrogens (primary N) is 1. The molecule has 0 atom stereocenters. The molecule has 0 aliphatic carbocycles. The molecule has 2 N–H and O–H groups in total. The molecule has 0 saturated heterocycles. The van der Waals surface area contributed by atoms with E-state index in [1.807, 2.05) is 22.6 Å². The minimum absolute atomic E-state index is 0.00398. The molecule has 0 saturated carbocycles. The van der Waals surface area contributed by atoms with Gasteiger partial charge in [0.05, 0.1) is 17.8 Å². The van der Waals surface area contributed by atoms with E-state index in [-0.39, 0.29) is 17.1 Å². The second-order valence-corrected chi connectivity index (χ2v) is 3.62. The molecule has 0 aliphatic rings. The summed E-state index contributed by atoms with van der Waals surface area (Å²) in [5, 5.41) is 0. The largest absolute Gasteiger partial charge is 0.397 e. The van der Waals surface area contributed by atoms with Gasteiger partial charge in [0.1, 0.15) is 3.70 Å². The molecule has 72 valence electrons. The van der Waals surface area contributed by atoms with Crippen molar-refractivity contribution >= 4 is 39.9 Å². The molecular formula is C7H6ClF2IN2. The van der Waals surface area contributed by atoms with Crippen LogP contribution in [0.2, 0.25) is 0 Å². The first kappa shape index (κ1) is 10.9. The van der Waals surface area contributed by atoms with E-state index in [1.165, 1.54) is 6.20 Å². The Kier molecular flexibility index (Phi) is 3.66. The lowest BCUT2D eigenvalue weighted by Gasteiger charge is -2.10. The molecule has 0 aliphatic heterocycles. The lowest BCUT2D eigenvalue weighted by atomic mass is 10.1. The molecule has 0 aromatic carbocycles. The molecule has 13 heavy (non-hydrogen) atoms. The third kappa shape index (κ3) is 2.19. The van der Waals surface area contributed by atoms with Gasteiger partial charge in [0.2, 0.25) is 0 Å². The first-order valence-electron chi connectivity index (χ1n) is 3.34. The van der Waals surface area contributed by atoms with Gasteiger partial charge in [0, 0.05) is 11.1 Å². The summed E-state index contributed by atoms with van der Waals surface area (Å²) in [6.45, 7) is 0. The fourth-order valence-corrected chi connectivity index (χ4v) is 2.06. The minimum atomic E-state index is -2.61. The van der Waals surface area contributed by atoms with Crippen molar-refractivity contribution in [3.05, 3.63) is 21.0 Å². The van der Waals surface area contributed by atoms with Crippen LogP contribution in [-0.4, -0.2) is 4.98 Å². The number of nitrogens with zero attached hydrogens (tertiary/aromatic N) is 1. The molecule has 0 fully saturated rings. The molecule has 2 nitrogen and oxygen atoms in total. The maximum atomic E-state index is 12.5. The fraction of sp³-hybridized carbons (Fsp3) is 0.286. The van der Waals surface area contributed by atoms with Gasteiger partial charge in [-0.3, -0.25) is 0 Å². The molecule has 0 radical (unpaired) electrons. The Labute approximate surface area is 92.6 Å². The topological polar surface area (TPSA) is 38.9 Å². The first-order chi connectivity index (χ1) is 6.07. The third-order valence-corrected chi connectivity index (χ3v) is 2.75. The zero-order valence-electron chi connectivity index (χ0n) is 6.40. The molecule has 1 aromatic heterocycles. The normalized spacial score (nSPS) is 10.8. The van der Waals surface area contributed by atoms with Crippen molar-refractivity contribution in [3.8, 4) is 0 Å². The van der Waals surface area contributed by atoms with E-state index in [9.17, 15) is 8.78 Å². The number of halogens is 4. The van der Waals surface area contributed by atoms with Crippen molar-refractivity contribution in [1.29, 1.82) is 0 Å². The van der Waals surface area contributed by atoms with Crippen molar-refractivity contribution < 1.29 is 8.78 Å². The van der Waals surface area contributed by atoms with Crippen LogP contribution in [0.4, 0.5) is 14.5 Å². The number of hydrogen-bond acceptors (Lipinski definition) is 2. The van der Waals surface area contributed by atoms with Crippen LogP contribution in [0.5, 0.6) is 0 Å². The highest BCUT2D eigenvalue weighted by Gasteiger charge is 2.18. The summed E-state index contributed by atoms with van der Waals surface area (Å²) >= 11 is 7.37. The summed E-state index contributed by atoms with van der Waals surface area (Å²) in [6, 6.07) is 0. The van der Waals surface area contributed by atoms with Gasteiger partial charge in [-0.05, 0) is 22.6 Å². The van der Waals surface area contributed by atoms with Crippen LogP contribution in [0.1, 0.15) is 17.6 Å². The summed E-state index contributed by atoms with van der Waals surface area (Å²) in [6.07, 6.45) is -1.38. The smallest absolute Gasteiger partial charge is 0.266 e. The summed E-state index contributed by atoms with van der Waals surface area (Å²) in [5.74, 6) is -0.00398. The van der Waals surface area contributed by atoms with E-state index in [4.69, 9.17) is 17.3 Å². The number of hydrogen-bond donors (Lipinski definition) is 1. The average molecular weight is 318 g/mol. The summed E-state index contributed by atoms with van der Waals surface area (Å²) in [7, 11) is 0. The number of aromatic nitrogens is 1. The van der Waals surface area contributed by atoms with E-state index in [0.29, 0.717) is 9.26 Å². The average Bonchev–Trinajstić information content (AvgIpc) is 2.07. The Balaban J connectivity index is 3.35. The van der Waals surface area contributed by atoms with Gasteiger partial charge in [0.15, 0.2) is 0 Å². The summed E-state index contributed by atoms with van der Waals surface area (Å²) in [4.78, 5) is 3.84. The van der Waals surface area contributed by atoms with E-state index in [2.05, 4.69) is 4.98 Å². The Morgan fingerprint density at radius 3 is 2.62 bits per heavy atom. The van der Waals surface area contributed by atoms with Crippen molar-refractivity contribution in [2.75, 3.05) is 5.73 Å². The Morgan fingerprint density at radius 1 is 1.62 bits per heavy atom. The molecule has 0 amide bonds. The predicted octanol–water partition coefficient (Wildman–Crippen LogP) is 2.94. The second kappa shape index (κ2) is 4.36. The van der Waals surface area contributed by atoms with Crippen LogP contribution in [0.3, 0.4) is 0 Å². The predicted molar refractivity (Wildman–Crippen MR) is 55.9 cm³/mol. The number of alkyl halides is 3. The van der Waals surface area contributed by atoms with Crippen molar-refractivity contribution in [2.24, 2.45) is 0 Å². The van der Waals surface area contributed by atoms with Gasteiger partial charge in [0.25, 0.3) is 6.43 Å². The standard InChI is InChI=1S/C7H6ClF2IN2/c8-1-3-5(6(9)10)4(12)2-13-7(3)11/h2,6H,1,12H2. The highest BCUT2D eigenvalue weighted by atomic mass is 127. The number of anilines is 1. The van der Waals surface area contributed by atoms with Crippen LogP contribution < -0.4 is 5.73 Å². The Hall–Kier alpha value is -0.170. The van der Waals surface area contributed by atoms with Crippen LogP contribution in [0, 0.1) is 3.70 Å². The molecular weight excluding hydrogens is 312 g/mol. The van der Waals surface area contributed by atoms with E-state index < -0.39 is 6.43 Å². The molecule has 1 aromatic rings. The van der Waals surface area contributed by atoms with Crippen molar-refractivity contribution in [2.45, 2.75) is 12.3 Å². The van der Waals surface area contributed by atoms with E-state index in [0.717, 1.165) is 0 Å². The third-order valence-electron chi connectivity index (χ3n) is 1.55. The highest BCUT2D eigenvalue weighted by molar-refractivity contribution is 14.1. The van der Waals surface area contributed by atoms with Crippen LogP contribution in [-0.2, 0) is 5.88 Å². The number of nitrogen functional groups attached to an aromatic ring is 1. The van der Waals surface area contributed by atoms with E-state index >= 15 is 0 Å². The zero-order chi connectivity index (χ0) is 10.0. The van der Waals surface area contributed by atoms with Crippen LogP contribution in [0.15, 0.2) is 6.20 Å². The van der Waals surface area contributed by atoms with Gasteiger partial charge < -0.3 is 5.73 Å². The molecule has 1 heterocycles. The van der Waals surface area contributed by atoms with Crippen molar-refractivity contribution in [1.82, 2.24) is 4.98 Å². The van der Waals surface area contributed by atoms with Crippen LogP contribution >= 0.6 is 34.2 Å². The SMILES string of the molecule is Nc1cnc(I)c(CCl)c1C(F)F. The Morgan fingerprint density at radius 2 is 2.23 bits per heavy atom. The van der Waals surface area contributed by atoms with E-state index in [1.54, 1.807) is 0 Å². The second-order valence-electron chi connectivity index (χ2n) is 2.33. The maximum absolute atomic E-state index is 12.5. The monoisotopic (exact) mass is 318 g/mol. The molecule has 0 unspecified atom stereocenters. The fourth-order valence-electron chi connectivity index (χ4n) is 0.944. The zero-order valence-corrected chi connectivity index (χ0v) is 9.31. The van der Waals surface area contributed by atoms with Gasteiger partial charge in [-0.25, -0.2) is 13.8 Å². The van der Waals surface area contributed by atoms with Gasteiger partial charge in [-0.1, -0.05) is 0 Å². The summed E-state index contributed by atoms with van der Waals surface area (Å²) in [5.41, 5.74) is 5.47. The molecule has 1 rings (SSSR count). The lowest BCUT2D eigenvalue weighted by Crippen LogP contribution is -2.03. The molecule has 0 spiro atoms. The molecule has 0 bridgehead atoms. The van der Waals surface area contributed by atoms with Crippen molar-refractivity contribution in [3.63, 3.8) is 0 Å². The minimum Gasteiger partial charge on any atom is -0.397 e. The highest BCUT2D eigenvalue weighted by Crippen LogP contribution is 2.31. The first-order valence-corrected chi connectivity index (χ1v) is 4.96. The summed E-state index contributed by atoms with van der Waals surface area (Å²) < 4.78 is 25.4. The molecule has 6 heteroatoms. The van der Waals surface area contributed by atoms with Gasteiger partial charge in [-0.15, -0.1) is 11.6 Å². The maximum Gasteiger partial charge on any atom is 0.266 e.